The third kappa shape index (κ3) is 3.65. The van der Waals surface area contributed by atoms with Crippen molar-refractivity contribution in [3.8, 4) is 0 Å². The van der Waals surface area contributed by atoms with Gasteiger partial charge in [-0.1, -0.05) is 13.8 Å². The fraction of sp³-hybridized carbons (Fsp3) is 1.00. The van der Waals surface area contributed by atoms with Crippen LogP contribution in [0.2, 0.25) is 0 Å². The van der Waals surface area contributed by atoms with E-state index in [2.05, 4.69) is 33.0 Å². The zero-order valence-corrected chi connectivity index (χ0v) is 8.62. The van der Waals surface area contributed by atoms with Gasteiger partial charge in [0.1, 0.15) is 0 Å². The first-order valence-corrected chi connectivity index (χ1v) is 4.16. The molecule has 1 rings (SSSR count). The van der Waals surface area contributed by atoms with Crippen LogP contribution in [0.3, 0.4) is 0 Å². The Morgan fingerprint density at radius 1 is 1.18 bits per heavy atom. The van der Waals surface area contributed by atoms with Crippen molar-refractivity contribution in [2.24, 2.45) is 5.41 Å². The number of nitrogens with one attached hydrogen (secondary N) is 1. The second kappa shape index (κ2) is 3.52. The normalized spacial score (nSPS) is 27.3. The van der Waals surface area contributed by atoms with Crippen molar-refractivity contribution in [3.63, 3.8) is 0 Å². The van der Waals surface area contributed by atoms with Crippen LogP contribution >= 0.6 is 0 Å². The summed E-state index contributed by atoms with van der Waals surface area (Å²) in [5, 5.41) is 3.51. The molecule has 11 heavy (non-hydrogen) atoms. The van der Waals surface area contributed by atoms with Crippen LogP contribution < -0.4 is 24.2 Å². The Bertz CT molecular complexity index is 120. The SMILES string of the molecule is CC1(C)CCNC(C)(C)C1.[H-].[Li+]. The monoisotopic (exact) mass is 149 g/mol. The van der Waals surface area contributed by atoms with E-state index in [1.54, 1.807) is 0 Å². The second-order valence-corrected chi connectivity index (χ2v) is 4.90. The van der Waals surface area contributed by atoms with E-state index in [9.17, 15) is 0 Å². The molecule has 1 aliphatic heterocycles. The van der Waals surface area contributed by atoms with E-state index >= 15 is 0 Å². The largest absolute Gasteiger partial charge is 1.00 e. The smallest absolute Gasteiger partial charge is 1.00 e. The Morgan fingerprint density at radius 2 is 1.73 bits per heavy atom. The molecule has 0 aromatic rings. The molecule has 1 saturated heterocycles. The maximum absolute atomic E-state index is 3.51. The van der Waals surface area contributed by atoms with Crippen molar-refractivity contribution in [2.45, 2.75) is 46.1 Å². The van der Waals surface area contributed by atoms with E-state index in [0.717, 1.165) is 0 Å². The van der Waals surface area contributed by atoms with Crippen LogP contribution in [0, 0.1) is 5.41 Å². The Labute approximate surface area is 84.0 Å². The summed E-state index contributed by atoms with van der Waals surface area (Å²) in [4.78, 5) is 0. The van der Waals surface area contributed by atoms with Gasteiger partial charge in [0.25, 0.3) is 0 Å². The topological polar surface area (TPSA) is 12.0 Å². The molecule has 1 fully saturated rings. The van der Waals surface area contributed by atoms with Crippen molar-refractivity contribution in [3.05, 3.63) is 0 Å². The van der Waals surface area contributed by atoms with Crippen molar-refractivity contribution < 1.29 is 20.3 Å². The molecule has 1 nitrogen and oxygen atoms in total. The molecule has 1 aliphatic rings. The maximum atomic E-state index is 3.51. The molecule has 0 bridgehead atoms. The van der Waals surface area contributed by atoms with Crippen LogP contribution in [-0.4, -0.2) is 12.1 Å². The van der Waals surface area contributed by atoms with Crippen LogP contribution in [0.5, 0.6) is 0 Å². The average Bonchev–Trinajstić information content (AvgIpc) is 1.56. The summed E-state index contributed by atoms with van der Waals surface area (Å²) in [5.74, 6) is 0. The molecule has 0 aliphatic carbocycles. The Balaban J connectivity index is 0. The van der Waals surface area contributed by atoms with Gasteiger partial charge < -0.3 is 6.74 Å². The van der Waals surface area contributed by atoms with Crippen LogP contribution in [0.4, 0.5) is 0 Å². The Kier molecular flexibility index (Phi) is 3.70. The summed E-state index contributed by atoms with van der Waals surface area (Å²) in [5.41, 5.74) is 0.913. The molecule has 0 amide bonds. The van der Waals surface area contributed by atoms with E-state index in [0.29, 0.717) is 11.0 Å². The van der Waals surface area contributed by atoms with Crippen molar-refractivity contribution >= 4 is 0 Å². The van der Waals surface area contributed by atoms with Crippen LogP contribution in [0.25, 0.3) is 0 Å². The fourth-order valence-corrected chi connectivity index (χ4v) is 2.09. The molecule has 0 saturated carbocycles. The molecule has 1 N–H and O–H groups in total. The Hall–Kier alpha value is 0.557. The molecule has 0 aromatic carbocycles. The first-order valence-electron chi connectivity index (χ1n) is 4.16. The minimum absolute atomic E-state index is 0. The molecule has 0 unspecified atom stereocenters. The third-order valence-electron chi connectivity index (χ3n) is 2.33. The quantitative estimate of drug-likeness (QED) is 0.449. The predicted molar refractivity (Wildman–Crippen MR) is 46.2 cm³/mol. The first kappa shape index (κ1) is 11.6. The van der Waals surface area contributed by atoms with Gasteiger partial charge in [-0.15, -0.1) is 0 Å². The van der Waals surface area contributed by atoms with Gasteiger partial charge in [-0.25, -0.2) is 0 Å². The standard InChI is InChI=1S/C9H19N.Li.H/c1-8(2)5-6-10-9(3,4)7-8;;/h10H,5-7H2,1-4H3;;/q;+1;-1. The van der Waals surface area contributed by atoms with Gasteiger partial charge in [-0.2, -0.15) is 0 Å². The average molecular weight is 149 g/mol. The van der Waals surface area contributed by atoms with Gasteiger partial charge in [-0.05, 0) is 38.6 Å². The van der Waals surface area contributed by atoms with E-state index < -0.39 is 0 Å². The summed E-state index contributed by atoms with van der Waals surface area (Å²) in [6, 6.07) is 0. The summed E-state index contributed by atoms with van der Waals surface area (Å²) in [6.45, 7) is 10.5. The van der Waals surface area contributed by atoms with Gasteiger partial charge in [0.05, 0.1) is 0 Å². The van der Waals surface area contributed by atoms with E-state index in [4.69, 9.17) is 0 Å². The van der Waals surface area contributed by atoms with Crippen molar-refractivity contribution in [1.29, 1.82) is 0 Å². The molecular weight excluding hydrogens is 129 g/mol. The minimum atomic E-state index is 0. The number of piperidine rings is 1. The summed E-state index contributed by atoms with van der Waals surface area (Å²) >= 11 is 0. The first-order chi connectivity index (χ1) is 4.41. The van der Waals surface area contributed by atoms with Gasteiger partial charge >= 0.3 is 18.9 Å². The Morgan fingerprint density at radius 3 is 2.00 bits per heavy atom. The van der Waals surface area contributed by atoms with Crippen LogP contribution in [-0.2, 0) is 0 Å². The molecule has 0 spiro atoms. The van der Waals surface area contributed by atoms with Crippen LogP contribution in [0.15, 0.2) is 0 Å². The number of hydrogen-bond acceptors (Lipinski definition) is 1. The summed E-state index contributed by atoms with van der Waals surface area (Å²) in [7, 11) is 0. The van der Waals surface area contributed by atoms with Gasteiger partial charge in [0.2, 0.25) is 0 Å². The van der Waals surface area contributed by atoms with Gasteiger partial charge in [-0.3, -0.25) is 0 Å². The molecule has 0 radical (unpaired) electrons. The molecule has 0 atom stereocenters. The molecular formula is C9H20LiN. The zero-order valence-electron chi connectivity index (χ0n) is 9.62. The van der Waals surface area contributed by atoms with E-state index in [1.807, 2.05) is 0 Å². The second-order valence-electron chi connectivity index (χ2n) is 4.90. The van der Waals surface area contributed by atoms with E-state index in [-0.39, 0.29) is 20.3 Å². The fourth-order valence-electron chi connectivity index (χ4n) is 2.09. The van der Waals surface area contributed by atoms with Gasteiger partial charge in [0.15, 0.2) is 0 Å². The molecule has 1 heterocycles. The van der Waals surface area contributed by atoms with Crippen molar-refractivity contribution in [2.75, 3.05) is 6.54 Å². The van der Waals surface area contributed by atoms with Crippen LogP contribution in [0.1, 0.15) is 42.0 Å². The molecule has 0 aromatic heterocycles. The maximum Gasteiger partial charge on any atom is 1.00 e. The predicted octanol–water partition coefficient (Wildman–Crippen LogP) is -0.709. The third-order valence-corrected chi connectivity index (χ3v) is 2.33. The number of rotatable bonds is 0. The summed E-state index contributed by atoms with van der Waals surface area (Å²) in [6.07, 6.45) is 2.61. The van der Waals surface area contributed by atoms with Gasteiger partial charge in [0, 0.05) is 5.54 Å². The molecule has 2 heteroatoms. The number of hydrogen-bond donors (Lipinski definition) is 1. The molecule has 62 valence electrons. The van der Waals surface area contributed by atoms with E-state index in [1.165, 1.54) is 19.4 Å². The summed E-state index contributed by atoms with van der Waals surface area (Å²) < 4.78 is 0. The minimum Gasteiger partial charge on any atom is -1.00 e. The zero-order chi connectivity index (χ0) is 7.83. The van der Waals surface area contributed by atoms with Crippen molar-refractivity contribution in [1.82, 2.24) is 5.32 Å².